The molecule has 2 bridgehead atoms. The molecule has 2 atom stereocenters. The number of fused-ring (bicyclic) bond motifs is 3. The molecule has 0 saturated heterocycles. The molecule has 3 aliphatic carbocycles. The lowest BCUT2D eigenvalue weighted by Gasteiger charge is -2.43. The van der Waals surface area contributed by atoms with E-state index in [1.807, 2.05) is 0 Å². The molecule has 0 aliphatic heterocycles. The van der Waals surface area contributed by atoms with Gasteiger partial charge in [-0.25, -0.2) is 0 Å². The molecule has 2 unspecified atom stereocenters. The second-order valence-corrected chi connectivity index (χ2v) is 4.68. The standard InChI is InChI=1S/C12H19N/c1-3-9(2)13-12-8-10-4-6-11(12)7-5-10/h1,9-13H,4-8H2,2H3. The minimum Gasteiger partial charge on any atom is -0.301 e. The molecular weight excluding hydrogens is 158 g/mol. The van der Waals surface area contributed by atoms with Gasteiger partial charge in [-0.1, -0.05) is 18.8 Å². The van der Waals surface area contributed by atoms with Gasteiger partial charge in [-0.2, -0.15) is 0 Å². The van der Waals surface area contributed by atoms with E-state index < -0.39 is 0 Å². The van der Waals surface area contributed by atoms with Crippen LogP contribution in [0.4, 0.5) is 0 Å². The van der Waals surface area contributed by atoms with Crippen molar-refractivity contribution in [3.8, 4) is 12.3 Å². The van der Waals surface area contributed by atoms with Crippen LogP contribution in [0.1, 0.15) is 39.0 Å². The molecule has 1 heteroatoms. The topological polar surface area (TPSA) is 12.0 Å². The first-order valence-electron chi connectivity index (χ1n) is 5.51. The van der Waals surface area contributed by atoms with Crippen LogP contribution in [0.5, 0.6) is 0 Å². The fourth-order valence-corrected chi connectivity index (χ4v) is 2.95. The van der Waals surface area contributed by atoms with E-state index in [9.17, 15) is 0 Å². The average Bonchev–Trinajstić information content (AvgIpc) is 2.19. The number of nitrogens with one attached hydrogen (secondary N) is 1. The van der Waals surface area contributed by atoms with Crippen molar-refractivity contribution in [2.24, 2.45) is 11.8 Å². The Labute approximate surface area is 81.3 Å². The summed E-state index contributed by atoms with van der Waals surface area (Å²) >= 11 is 0. The SMILES string of the molecule is C#CC(C)NC1CC2CCC1CC2. The van der Waals surface area contributed by atoms with Crippen molar-refractivity contribution in [3.63, 3.8) is 0 Å². The Bertz CT molecular complexity index is 208. The quantitative estimate of drug-likeness (QED) is 0.637. The zero-order chi connectivity index (χ0) is 9.26. The molecule has 3 aliphatic rings. The molecule has 3 rings (SSSR count). The van der Waals surface area contributed by atoms with Gasteiger partial charge in [0.2, 0.25) is 0 Å². The summed E-state index contributed by atoms with van der Waals surface area (Å²) in [5.41, 5.74) is 0. The van der Waals surface area contributed by atoms with Crippen molar-refractivity contribution in [2.45, 2.75) is 51.1 Å². The van der Waals surface area contributed by atoms with Crippen LogP contribution in [-0.4, -0.2) is 12.1 Å². The van der Waals surface area contributed by atoms with Gasteiger partial charge >= 0.3 is 0 Å². The molecule has 0 aromatic carbocycles. The third-order valence-corrected chi connectivity index (χ3v) is 3.76. The summed E-state index contributed by atoms with van der Waals surface area (Å²) in [7, 11) is 0. The largest absolute Gasteiger partial charge is 0.301 e. The highest BCUT2D eigenvalue weighted by atomic mass is 15.0. The summed E-state index contributed by atoms with van der Waals surface area (Å²) in [5.74, 6) is 4.67. The lowest BCUT2D eigenvalue weighted by atomic mass is 9.68. The van der Waals surface area contributed by atoms with E-state index in [4.69, 9.17) is 6.42 Å². The number of terminal acetylenes is 1. The Morgan fingerprint density at radius 2 is 2.00 bits per heavy atom. The molecule has 13 heavy (non-hydrogen) atoms. The van der Waals surface area contributed by atoms with Gasteiger partial charge in [0.15, 0.2) is 0 Å². The van der Waals surface area contributed by atoms with Crippen LogP contribution < -0.4 is 5.32 Å². The smallest absolute Gasteiger partial charge is 0.0660 e. The maximum absolute atomic E-state index is 5.37. The van der Waals surface area contributed by atoms with E-state index in [2.05, 4.69) is 18.2 Å². The van der Waals surface area contributed by atoms with Gasteiger partial charge in [-0.05, 0) is 38.0 Å². The van der Waals surface area contributed by atoms with Crippen molar-refractivity contribution in [3.05, 3.63) is 0 Å². The van der Waals surface area contributed by atoms with E-state index in [-0.39, 0.29) is 6.04 Å². The lowest BCUT2D eigenvalue weighted by Crippen LogP contribution is -2.47. The van der Waals surface area contributed by atoms with Crippen molar-refractivity contribution < 1.29 is 0 Å². The number of rotatable bonds is 2. The normalized spacial score (nSPS) is 39.8. The fourth-order valence-electron chi connectivity index (χ4n) is 2.95. The summed E-state index contributed by atoms with van der Waals surface area (Å²) in [4.78, 5) is 0. The zero-order valence-corrected chi connectivity index (χ0v) is 8.42. The molecule has 0 amide bonds. The van der Waals surface area contributed by atoms with Crippen LogP contribution in [0.3, 0.4) is 0 Å². The lowest BCUT2D eigenvalue weighted by molar-refractivity contribution is 0.121. The zero-order valence-electron chi connectivity index (χ0n) is 8.42. The first-order chi connectivity index (χ1) is 6.29. The van der Waals surface area contributed by atoms with Gasteiger partial charge in [-0.3, -0.25) is 0 Å². The second kappa shape index (κ2) is 3.72. The predicted octanol–water partition coefficient (Wildman–Crippen LogP) is 2.18. The van der Waals surface area contributed by atoms with Gasteiger partial charge in [-0.15, -0.1) is 6.42 Å². The Morgan fingerprint density at radius 3 is 2.46 bits per heavy atom. The van der Waals surface area contributed by atoms with Crippen molar-refractivity contribution in [1.82, 2.24) is 5.32 Å². The van der Waals surface area contributed by atoms with E-state index in [1.165, 1.54) is 32.1 Å². The van der Waals surface area contributed by atoms with Crippen molar-refractivity contribution >= 4 is 0 Å². The molecule has 0 heterocycles. The highest BCUT2D eigenvalue weighted by molar-refractivity contribution is 5.00. The molecule has 3 saturated carbocycles. The summed E-state index contributed by atoms with van der Waals surface area (Å²) < 4.78 is 0. The van der Waals surface area contributed by atoms with Crippen LogP contribution in [-0.2, 0) is 0 Å². The van der Waals surface area contributed by atoms with Crippen LogP contribution >= 0.6 is 0 Å². The molecule has 3 fully saturated rings. The van der Waals surface area contributed by atoms with E-state index in [1.54, 1.807) is 0 Å². The Morgan fingerprint density at radius 1 is 1.31 bits per heavy atom. The van der Waals surface area contributed by atoms with Gasteiger partial charge < -0.3 is 5.32 Å². The summed E-state index contributed by atoms with van der Waals surface area (Å²) in [5, 5.41) is 3.56. The minimum atomic E-state index is 0.254. The Kier molecular flexibility index (Phi) is 2.60. The predicted molar refractivity (Wildman–Crippen MR) is 55.3 cm³/mol. The van der Waals surface area contributed by atoms with Crippen LogP contribution in [0.2, 0.25) is 0 Å². The molecule has 0 aromatic heterocycles. The van der Waals surface area contributed by atoms with Crippen LogP contribution in [0, 0.1) is 24.2 Å². The molecular formula is C12H19N. The molecule has 0 radical (unpaired) electrons. The first kappa shape index (κ1) is 9.09. The van der Waals surface area contributed by atoms with E-state index >= 15 is 0 Å². The highest BCUT2D eigenvalue weighted by Crippen LogP contribution is 2.41. The van der Waals surface area contributed by atoms with E-state index in [0.29, 0.717) is 0 Å². The summed E-state index contributed by atoms with van der Waals surface area (Å²) in [6.45, 7) is 2.09. The maximum atomic E-state index is 5.37. The second-order valence-electron chi connectivity index (χ2n) is 4.68. The summed E-state index contributed by atoms with van der Waals surface area (Å²) in [6, 6.07) is 0.975. The van der Waals surface area contributed by atoms with Crippen LogP contribution in [0.15, 0.2) is 0 Å². The third-order valence-electron chi connectivity index (χ3n) is 3.76. The van der Waals surface area contributed by atoms with Crippen molar-refractivity contribution in [2.75, 3.05) is 0 Å². The molecule has 1 N–H and O–H groups in total. The van der Waals surface area contributed by atoms with Crippen LogP contribution in [0.25, 0.3) is 0 Å². The third kappa shape index (κ3) is 1.89. The Hall–Kier alpha value is -0.480. The van der Waals surface area contributed by atoms with Gasteiger partial charge in [0, 0.05) is 6.04 Å². The number of hydrogen-bond donors (Lipinski definition) is 1. The highest BCUT2D eigenvalue weighted by Gasteiger charge is 2.35. The molecule has 1 nitrogen and oxygen atoms in total. The van der Waals surface area contributed by atoms with Gasteiger partial charge in [0.25, 0.3) is 0 Å². The average molecular weight is 177 g/mol. The fraction of sp³-hybridized carbons (Fsp3) is 0.833. The monoisotopic (exact) mass is 177 g/mol. The van der Waals surface area contributed by atoms with E-state index in [0.717, 1.165) is 17.9 Å². The van der Waals surface area contributed by atoms with Crippen molar-refractivity contribution in [1.29, 1.82) is 0 Å². The summed E-state index contributed by atoms with van der Waals surface area (Å²) in [6.07, 6.45) is 12.5. The number of hydrogen-bond acceptors (Lipinski definition) is 1. The maximum Gasteiger partial charge on any atom is 0.0660 e. The van der Waals surface area contributed by atoms with Gasteiger partial charge in [0.05, 0.1) is 6.04 Å². The Balaban J connectivity index is 1.90. The minimum absolute atomic E-state index is 0.254. The molecule has 0 aromatic rings. The molecule has 72 valence electrons. The van der Waals surface area contributed by atoms with Gasteiger partial charge in [0.1, 0.15) is 0 Å². The first-order valence-corrected chi connectivity index (χ1v) is 5.51. The molecule has 0 spiro atoms.